The van der Waals surface area contributed by atoms with Crippen LogP contribution < -0.4 is 0 Å². The van der Waals surface area contributed by atoms with Crippen LogP contribution in [0, 0.1) is 5.92 Å². The molecule has 2 aromatic heterocycles. The van der Waals surface area contributed by atoms with Crippen molar-refractivity contribution in [1.82, 2.24) is 18.8 Å². The summed E-state index contributed by atoms with van der Waals surface area (Å²) in [6, 6.07) is 12.9. The Hall–Kier alpha value is -2.71. The summed E-state index contributed by atoms with van der Waals surface area (Å²) < 4.78 is 30.7. The molecule has 1 fully saturated rings. The number of rotatable bonds is 9. The first kappa shape index (κ1) is 22.5. The van der Waals surface area contributed by atoms with Crippen molar-refractivity contribution in [2.75, 3.05) is 13.1 Å². The smallest absolute Gasteiger partial charge is 0.245 e. The first-order valence-corrected chi connectivity index (χ1v) is 12.4. The van der Waals surface area contributed by atoms with Gasteiger partial charge in [-0.15, -0.1) is 0 Å². The molecule has 8 heteroatoms. The van der Waals surface area contributed by atoms with Crippen LogP contribution in [0.15, 0.2) is 59.8 Å². The maximum Gasteiger partial charge on any atom is 0.245 e. The van der Waals surface area contributed by atoms with Crippen LogP contribution in [0.25, 0.3) is 10.9 Å². The minimum atomic E-state index is -3.91. The minimum Gasteiger partial charge on any atom is -0.353 e. The van der Waals surface area contributed by atoms with E-state index in [9.17, 15) is 13.2 Å². The van der Waals surface area contributed by atoms with E-state index < -0.39 is 10.0 Å². The van der Waals surface area contributed by atoms with Crippen LogP contribution in [-0.4, -0.2) is 52.2 Å². The van der Waals surface area contributed by atoms with Gasteiger partial charge < -0.3 is 9.47 Å². The quantitative estimate of drug-likeness (QED) is 0.497. The van der Waals surface area contributed by atoms with Gasteiger partial charge in [0.15, 0.2) is 0 Å². The molecule has 0 aliphatic heterocycles. The van der Waals surface area contributed by atoms with E-state index >= 15 is 0 Å². The second-order valence-corrected chi connectivity index (χ2v) is 10.8. The van der Waals surface area contributed by atoms with E-state index in [1.54, 1.807) is 24.4 Å². The van der Waals surface area contributed by atoms with Crippen LogP contribution >= 0.6 is 0 Å². The highest BCUT2D eigenvalue weighted by molar-refractivity contribution is 7.89. The van der Waals surface area contributed by atoms with Gasteiger partial charge in [0.2, 0.25) is 15.9 Å². The molecule has 0 bridgehead atoms. The molecule has 1 saturated carbocycles. The second kappa shape index (κ2) is 9.03. The Morgan fingerprint density at radius 1 is 1.16 bits per heavy atom. The molecule has 4 rings (SSSR count). The van der Waals surface area contributed by atoms with E-state index in [0.29, 0.717) is 12.1 Å². The molecule has 7 nitrogen and oxygen atoms in total. The lowest BCUT2D eigenvalue weighted by Crippen LogP contribution is -2.45. The van der Waals surface area contributed by atoms with Crippen LogP contribution in [0.4, 0.5) is 0 Å². The van der Waals surface area contributed by atoms with Gasteiger partial charge in [0, 0.05) is 43.1 Å². The maximum atomic E-state index is 13.7. The highest BCUT2D eigenvalue weighted by atomic mass is 32.2. The zero-order valence-electron chi connectivity index (χ0n) is 18.8. The van der Waals surface area contributed by atoms with E-state index in [0.717, 1.165) is 23.9 Å². The van der Waals surface area contributed by atoms with Gasteiger partial charge in [-0.1, -0.05) is 32.0 Å². The fourth-order valence-corrected chi connectivity index (χ4v) is 5.68. The number of hydrogen-bond acceptors (Lipinski definition) is 4. The standard InChI is InChI=1S/C24H30N4O3S/c1-18(2)15-27(32(30,31)22-10-4-7-19-8-5-13-25-24(19)22)17-23(29)28(20-11-12-20)16-21-9-6-14-26(21)3/h4-10,13-14,18,20H,11-12,15-17H2,1-3H3. The summed E-state index contributed by atoms with van der Waals surface area (Å²) in [6.45, 7) is 4.48. The van der Waals surface area contributed by atoms with Gasteiger partial charge in [-0.25, -0.2) is 8.42 Å². The third kappa shape index (κ3) is 4.71. The molecule has 1 aromatic carbocycles. The molecule has 0 saturated heterocycles. The zero-order chi connectivity index (χ0) is 22.9. The average Bonchev–Trinajstić information content (AvgIpc) is 3.52. The Morgan fingerprint density at radius 3 is 2.56 bits per heavy atom. The van der Waals surface area contributed by atoms with Crippen molar-refractivity contribution in [3.63, 3.8) is 0 Å². The number of fused-ring (bicyclic) bond motifs is 1. The van der Waals surface area contributed by atoms with Crippen molar-refractivity contribution in [3.05, 3.63) is 60.6 Å². The largest absolute Gasteiger partial charge is 0.353 e. The number of aromatic nitrogens is 2. The molecule has 0 spiro atoms. The van der Waals surface area contributed by atoms with Crippen LogP contribution in [0.5, 0.6) is 0 Å². The molecule has 2 heterocycles. The molecule has 170 valence electrons. The van der Waals surface area contributed by atoms with E-state index in [-0.39, 0.29) is 35.9 Å². The molecule has 32 heavy (non-hydrogen) atoms. The highest BCUT2D eigenvalue weighted by Gasteiger charge is 2.36. The van der Waals surface area contributed by atoms with Crippen LogP contribution in [-0.2, 0) is 28.4 Å². The predicted molar refractivity (Wildman–Crippen MR) is 124 cm³/mol. The Bertz CT molecular complexity index is 1210. The summed E-state index contributed by atoms with van der Waals surface area (Å²) in [6.07, 6.45) is 5.46. The van der Waals surface area contributed by atoms with Crippen molar-refractivity contribution in [2.45, 2.75) is 44.2 Å². The molecule has 0 N–H and O–H groups in total. The third-order valence-corrected chi connectivity index (χ3v) is 7.63. The number of nitrogens with zero attached hydrogens (tertiary/aromatic N) is 4. The normalized spacial score (nSPS) is 14.4. The van der Waals surface area contributed by atoms with E-state index in [1.165, 1.54) is 4.31 Å². The van der Waals surface area contributed by atoms with Gasteiger partial charge in [0.05, 0.1) is 18.6 Å². The van der Waals surface area contributed by atoms with Gasteiger partial charge in [0.25, 0.3) is 0 Å². The lowest BCUT2D eigenvalue weighted by molar-refractivity contribution is -0.132. The molecule has 1 amide bonds. The molecule has 0 atom stereocenters. The van der Waals surface area contributed by atoms with Gasteiger partial charge in [-0.3, -0.25) is 9.78 Å². The number of sulfonamides is 1. The number of amides is 1. The molecule has 0 unspecified atom stereocenters. The number of aryl methyl sites for hydroxylation is 1. The number of hydrogen-bond donors (Lipinski definition) is 0. The summed E-state index contributed by atoms with van der Waals surface area (Å²) in [5, 5.41) is 0.757. The van der Waals surface area contributed by atoms with Crippen molar-refractivity contribution in [2.24, 2.45) is 13.0 Å². The fraction of sp³-hybridized carbons (Fsp3) is 0.417. The Morgan fingerprint density at radius 2 is 1.91 bits per heavy atom. The maximum absolute atomic E-state index is 13.7. The highest BCUT2D eigenvalue weighted by Crippen LogP contribution is 2.30. The van der Waals surface area contributed by atoms with E-state index in [2.05, 4.69) is 4.98 Å². The third-order valence-electron chi connectivity index (χ3n) is 5.79. The summed E-state index contributed by atoms with van der Waals surface area (Å²) in [7, 11) is -1.96. The molecule has 1 aliphatic carbocycles. The van der Waals surface area contributed by atoms with Crippen molar-refractivity contribution in [3.8, 4) is 0 Å². The number of pyridine rings is 1. The molecular formula is C24H30N4O3S. The summed E-state index contributed by atoms with van der Waals surface area (Å²) in [5.41, 5.74) is 1.46. The monoisotopic (exact) mass is 454 g/mol. The Kier molecular flexibility index (Phi) is 6.35. The molecule has 3 aromatic rings. The first-order chi connectivity index (χ1) is 15.3. The fourth-order valence-electron chi connectivity index (χ4n) is 3.96. The summed E-state index contributed by atoms with van der Waals surface area (Å²) >= 11 is 0. The zero-order valence-corrected chi connectivity index (χ0v) is 19.6. The molecular weight excluding hydrogens is 424 g/mol. The minimum absolute atomic E-state index is 0.0720. The average molecular weight is 455 g/mol. The second-order valence-electron chi connectivity index (χ2n) is 8.89. The predicted octanol–water partition coefficient (Wildman–Crippen LogP) is 3.41. The summed E-state index contributed by atoms with van der Waals surface area (Å²) in [4.78, 5) is 19.7. The van der Waals surface area contributed by atoms with Gasteiger partial charge >= 0.3 is 0 Å². The van der Waals surface area contributed by atoms with Crippen molar-refractivity contribution >= 4 is 26.8 Å². The van der Waals surface area contributed by atoms with E-state index in [4.69, 9.17) is 0 Å². The lowest BCUT2D eigenvalue weighted by Gasteiger charge is -2.28. The summed E-state index contributed by atoms with van der Waals surface area (Å²) in [5.74, 6) is -0.0890. The van der Waals surface area contributed by atoms with Crippen LogP contribution in [0.3, 0.4) is 0 Å². The Balaban J connectivity index is 1.64. The number of carbonyl (C=O) groups is 1. The van der Waals surface area contributed by atoms with Crippen molar-refractivity contribution in [1.29, 1.82) is 0 Å². The van der Waals surface area contributed by atoms with E-state index in [1.807, 2.05) is 60.8 Å². The number of para-hydroxylation sites is 1. The lowest BCUT2D eigenvalue weighted by atomic mass is 10.2. The topological polar surface area (TPSA) is 75.5 Å². The number of carbonyl (C=O) groups excluding carboxylic acids is 1. The van der Waals surface area contributed by atoms with Gasteiger partial charge in [-0.2, -0.15) is 4.31 Å². The van der Waals surface area contributed by atoms with Crippen LogP contribution in [0.2, 0.25) is 0 Å². The van der Waals surface area contributed by atoms with Gasteiger partial charge in [0.1, 0.15) is 4.90 Å². The van der Waals surface area contributed by atoms with Crippen LogP contribution in [0.1, 0.15) is 32.4 Å². The Labute approximate surface area is 189 Å². The molecule has 1 aliphatic rings. The van der Waals surface area contributed by atoms with Crippen molar-refractivity contribution < 1.29 is 13.2 Å². The van der Waals surface area contributed by atoms with Gasteiger partial charge in [-0.05, 0) is 43.0 Å². The number of benzene rings is 1. The SMILES string of the molecule is CC(C)CN(CC(=O)N(Cc1cccn1C)C1CC1)S(=O)(=O)c1cccc2cccnc12. The first-order valence-electron chi connectivity index (χ1n) is 11.0. The molecule has 0 radical (unpaired) electrons.